The molecule has 0 unspecified atom stereocenters. The fourth-order valence-corrected chi connectivity index (χ4v) is 4.54. The second kappa shape index (κ2) is 9.17. The molecule has 0 aromatic heterocycles. The van der Waals surface area contributed by atoms with Gasteiger partial charge in [-0.2, -0.15) is 4.31 Å². The third kappa shape index (κ3) is 5.41. The molecule has 0 bridgehead atoms. The van der Waals surface area contributed by atoms with Gasteiger partial charge in [-0.3, -0.25) is 25.3 Å². The molecule has 0 atom stereocenters. The van der Waals surface area contributed by atoms with Crippen molar-refractivity contribution in [3.8, 4) is 0 Å². The number of carbonyl (C=O) groups is 2. The lowest BCUT2D eigenvalue weighted by Gasteiger charge is -2.34. The van der Waals surface area contributed by atoms with E-state index in [0.29, 0.717) is 26.2 Å². The van der Waals surface area contributed by atoms with Crippen LogP contribution in [0.25, 0.3) is 0 Å². The number of nitrogens with zero attached hydrogens (tertiary/aromatic N) is 2. The van der Waals surface area contributed by atoms with Crippen molar-refractivity contribution in [3.63, 3.8) is 0 Å². The maximum absolute atomic E-state index is 12.9. The van der Waals surface area contributed by atoms with Gasteiger partial charge in [-0.1, -0.05) is 30.3 Å². The Balaban J connectivity index is 1.59. The molecule has 2 N–H and O–H groups in total. The molecule has 0 spiro atoms. The van der Waals surface area contributed by atoms with Gasteiger partial charge < -0.3 is 0 Å². The molecule has 1 saturated heterocycles. The quantitative estimate of drug-likeness (QED) is 0.708. The normalized spacial score (nSPS) is 15.6. The summed E-state index contributed by atoms with van der Waals surface area (Å²) in [6.07, 6.45) is 0. The van der Waals surface area contributed by atoms with Crippen LogP contribution in [0.15, 0.2) is 59.5 Å². The largest absolute Gasteiger partial charge is 0.296 e. The van der Waals surface area contributed by atoms with Crippen molar-refractivity contribution < 1.29 is 18.0 Å². The molecule has 1 aliphatic rings. The van der Waals surface area contributed by atoms with Crippen LogP contribution >= 0.6 is 0 Å². The van der Waals surface area contributed by atoms with Crippen molar-refractivity contribution in [3.05, 3.63) is 65.7 Å². The van der Waals surface area contributed by atoms with Gasteiger partial charge in [-0.15, -0.1) is 0 Å². The minimum absolute atomic E-state index is 0.144. The lowest BCUT2D eigenvalue weighted by atomic mass is 10.2. The molecule has 8 nitrogen and oxygen atoms in total. The molecule has 0 saturated carbocycles. The maximum Gasteiger partial charge on any atom is 0.269 e. The standard InChI is InChI=1S/C20H24N4O4S/c1-16(25)21-22-20(26)18-7-9-19(10-8-18)29(27,28)24-13-11-23(12-14-24)15-17-5-3-2-4-6-17/h2-10H,11-15H2,1H3,(H,21,25)(H,22,26). The van der Waals surface area contributed by atoms with E-state index in [2.05, 4.69) is 27.9 Å². The van der Waals surface area contributed by atoms with Gasteiger partial charge in [0.05, 0.1) is 4.90 Å². The van der Waals surface area contributed by atoms with Crippen LogP contribution in [-0.2, 0) is 21.4 Å². The van der Waals surface area contributed by atoms with E-state index in [4.69, 9.17) is 0 Å². The highest BCUT2D eigenvalue weighted by atomic mass is 32.2. The first kappa shape index (κ1) is 21.0. The molecule has 2 aromatic carbocycles. The molecule has 1 fully saturated rings. The van der Waals surface area contributed by atoms with E-state index in [1.54, 1.807) is 0 Å². The van der Waals surface area contributed by atoms with Crippen molar-refractivity contribution >= 4 is 21.8 Å². The Morgan fingerprint density at radius 1 is 0.897 bits per heavy atom. The van der Waals surface area contributed by atoms with E-state index >= 15 is 0 Å². The molecule has 154 valence electrons. The number of rotatable bonds is 5. The van der Waals surface area contributed by atoms with E-state index in [9.17, 15) is 18.0 Å². The molecule has 0 radical (unpaired) electrons. The number of hydrogen-bond acceptors (Lipinski definition) is 5. The first-order valence-corrected chi connectivity index (χ1v) is 10.7. The van der Waals surface area contributed by atoms with Crippen LogP contribution < -0.4 is 10.9 Å². The van der Waals surface area contributed by atoms with Gasteiger partial charge in [0.25, 0.3) is 5.91 Å². The molecular weight excluding hydrogens is 392 g/mol. The number of carbonyl (C=O) groups excluding carboxylic acids is 2. The zero-order valence-electron chi connectivity index (χ0n) is 16.2. The number of sulfonamides is 1. The number of hydrazine groups is 1. The highest BCUT2D eigenvalue weighted by Crippen LogP contribution is 2.19. The van der Waals surface area contributed by atoms with Crippen LogP contribution in [0.4, 0.5) is 0 Å². The van der Waals surface area contributed by atoms with Crippen molar-refractivity contribution in [1.29, 1.82) is 0 Å². The fourth-order valence-electron chi connectivity index (χ4n) is 3.11. The van der Waals surface area contributed by atoms with Crippen LogP contribution in [0.2, 0.25) is 0 Å². The summed E-state index contributed by atoms with van der Waals surface area (Å²) >= 11 is 0. The van der Waals surface area contributed by atoms with Crippen molar-refractivity contribution in [2.24, 2.45) is 0 Å². The molecular formula is C20H24N4O4S. The summed E-state index contributed by atoms with van der Waals surface area (Å²) in [6.45, 7) is 4.22. The first-order valence-electron chi connectivity index (χ1n) is 9.30. The summed E-state index contributed by atoms with van der Waals surface area (Å²) in [4.78, 5) is 25.1. The third-order valence-electron chi connectivity index (χ3n) is 4.69. The molecule has 3 rings (SSSR count). The van der Waals surface area contributed by atoms with Crippen molar-refractivity contribution in [2.75, 3.05) is 26.2 Å². The highest BCUT2D eigenvalue weighted by Gasteiger charge is 2.28. The van der Waals surface area contributed by atoms with Crippen LogP contribution in [0.3, 0.4) is 0 Å². The molecule has 29 heavy (non-hydrogen) atoms. The van der Waals surface area contributed by atoms with Crippen molar-refractivity contribution in [1.82, 2.24) is 20.1 Å². The molecule has 9 heteroatoms. The van der Waals surface area contributed by atoms with Gasteiger partial charge in [-0.05, 0) is 29.8 Å². The smallest absolute Gasteiger partial charge is 0.269 e. The summed E-state index contributed by atoms with van der Waals surface area (Å²) in [7, 11) is -3.62. The third-order valence-corrected chi connectivity index (χ3v) is 6.60. The minimum Gasteiger partial charge on any atom is -0.296 e. The van der Waals surface area contributed by atoms with Crippen LogP contribution in [0, 0.1) is 0 Å². The Labute approximate surface area is 170 Å². The van der Waals surface area contributed by atoms with Gasteiger partial charge in [0.1, 0.15) is 0 Å². The zero-order valence-corrected chi connectivity index (χ0v) is 17.0. The molecule has 1 aliphatic heterocycles. The summed E-state index contributed by atoms with van der Waals surface area (Å²) in [5, 5.41) is 0. The average Bonchev–Trinajstić information content (AvgIpc) is 2.73. The minimum atomic E-state index is -3.62. The Bertz CT molecular complexity index is 954. The highest BCUT2D eigenvalue weighted by molar-refractivity contribution is 7.89. The number of benzene rings is 2. The lowest BCUT2D eigenvalue weighted by Crippen LogP contribution is -2.48. The fraction of sp³-hybridized carbons (Fsp3) is 0.300. The molecule has 0 aliphatic carbocycles. The average molecular weight is 417 g/mol. The number of nitrogens with one attached hydrogen (secondary N) is 2. The zero-order chi connectivity index (χ0) is 20.9. The predicted molar refractivity (Wildman–Crippen MR) is 108 cm³/mol. The second-order valence-electron chi connectivity index (χ2n) is 6.83. The van der Waals surface area contributed by atoms with E-state index < -0.39 is 21.8 Å². The summed E-state index contributed by atoms with van der Waals surface area (Å²) < 4.78 is 27.3. The van der Waals surface area contributed by atoms with Crippen molar-refractivity contribution in [2.45, 2.75) is 18.4 Å². The summed E-state index contributed by atoms with van der Waals surface area (Å²) in [6, 6.07) is 15.8. The van der Waals surface area contributed by atoms with Crippen LogP contribution in [-0.4, -0.2) is 55.6 Å². The van der Waals surface area contributed by atoms with Gasteiger partial charge in [0.2, 0.25) is 15.9 Å². The van der Waals surface area contributed by atoms with E-state index in [1.165, 1.54) is 41.1 Å². The second-order valence-corrected chi connectivity index (χ2v) is 8.76. The van der Waals surface area contributed by atoms with Gasteiger partial charge in [-0.25, -0.2) is 8.42 Å². The summed E-state index contributed by atoms with van der Waals surface area (Å²) in [5.74, 6) is -0.914. The first-order chi connectivity index (χ1) is 13.9. The topological polar surface area (TPSA) is 98.8 Å². The monoisotopic (exact) mass is 416 g/mol. The van der Waals surface area contributed by atoms with Gasteiger partial charge >= 0.3 is 0 Å². The Hall–Kier alpha value is -2.75. The van der Waals surface area contributed by atoms with E-state index in [0.717, 1.165) is 6.54 Å². The van der Waals surface area contributed by atoms with Gasteiger partial charge in [0, 0.05) is 45.2 Å². The lowest BCUT2D eigenvalue weighted by molar-refractivity contribution is -0.119. The predicted octanol–water partition coefficient (Wildman–Crippen LogP) is 0.974. The molecule has 2 aromatic rings. The SMILES string of the molecule is CC(=O)NNC(=O)c1ccc(S(=O)(=O)N2CCN(Cc3ccccc3)CC2)cc1. The Morgan fingerprint density at radius 3 is 2.10 bits per heavy atom. The molecule has 1 heterocycles. The Kier molecular flexibility index (Phi) is 6.63. The molecule has 2 amide bonds. The number of amides is 2. The Morgan fingerprint density at radius 2 is 1.52 bits per heavy atom. The number of piperazine rings is 1. The maximum atomic E-state index is 12.9. The van der Waals surface area contributed by atoms with E-state index in [-0.39, 0.29) is 10.5 Å². The summed E-state index contributed by atoms with van der Waals surface area (Å²) in [5.41, 5.74) is 5.89. The van der Waals surface area contributed by atoms with E-state index in [1.807, 2.05) is 18.2 Å². The number of hydrogen-bond donors (Lipinski definition) is 2. The van der Waals surface area contributed by atoms with Gasteiger partial charge in [0.15, 0.2) is 0 Å². The van der Waals surface area contributed by atoms with Crippen LogP contribution in [0.1, 0.15) is 22.8 Å². The van der Waals surface area contributed by atoms with Crippen LogP contribution in [0.5, 0.6) is 0 Å².